The van der Waals surface area contributed by atoms with Gasteiger partial charge in [0.25, 0.3) is 0 Å². The van der Waals surface area contributed by atoms with Crippen LogP contribution < -0.4 is 4.90 Å². The summed E-state index contributed by atoms with van der Waals surface area (Å²) in [6.45, 7) is 2.19. The van der Waals surface area contributed by atoms with Gasteiger partial charge < -0.3 is 9.42 Å². The molecule has 0 amide bonds. The van der Waals surface area contributed by atoms with Crippen LogP contribution in [0.25, 0.3) is 11.4 Å². The van der Waals surface area contributed by atoms with E-state index in [4.69, 9.17) is 4.52 Å². The standard InChI is InChI=1S/C14H16N4O/c1-2-8-18(7-1)12-9-11(5-6-15-12)13-16-14(19-17-13)10-3-4-10/h5-6,9-10H,1-4,7-8H2. The lowest BCUT2D eigenvalue weighted by atomic mass is 10.2. The third-order valence-electron chi connectivity index (χ3n) is 3.80. The molecule has 2 aromatic rings. The average Bonchev–Trinajstić information content (AvgIpc) is 2.97. The molecule has 0 N–H and O–H groups in total. The highest BCUT2D eigenvalue weighted by Gasteiger charge is 2.29. The summed E-state index contributed by atoms with van der Waals surface area (Å²) >= 11 is 0. The van der Waals surface area contributed by atoms with E-state index in [9.17, 15) is 0 Å². The highest BCUT2D eigenvalue weighted by atomic mass is 16.5. The quantitative estimate of drug-likeness (QED) is 0.845. The van der Waals surface area contributed by atoms with Crippen molar-refractivity contribution in [1.29, 1.82) is 0 Å². The molecule has 0 unspecified atom stereocenters. The first-order valence-corrected chi connectivity index (χ1v) is 6.95. The Balaban J connectivity index is 1.63. The molecule has 1 aliphatic heterocycles. The zero-order valence-electron chi connectivity index (χ0n) is 10.7. The molecule has 5 heteroatoms. The molecule has 2 fully saturated rings. The van der Waals surface area contributed by atoms with E-state index in [2.05, 4.69) is 26.1 Å². The maximum absolute atomic E-state index is 5.31. The van der Waals surface area contributed by atoms with Gasteiger partial charge in [-0.3, -0.25) is 0 Å². The zero-order chi connectivity index (χ0) is 12.7. The van der Waals surface area contributed by atoms with Gasteiger partial charge in [0.2, 0.25) is 11.7 Å². The van der Waals surface area contributed by atoms with Gasteiger partial charge in [-0.25, -0.2) is 4.98 Å². The molecule has 0 radical (unpaired) electrons. The molecule has 4 rings (SSSR count). The number of anilines is 1. The van der Waals surface area contributed by atoms with Gasteiger partial charge in [-0.15, -0.1) is 0 Å². The first kappa shape index (κ1) is 11.0. The van der Waals surface area contributed by atoms with Crippen molar-refractivity contribution >= 4 is 5.82 Å². The number of hydrogen-bond acceptors (Lipinski definition) is 5. The lowest BCUT2D eigenvalue weighted by molar-refractivity contribution is 0.380. The molecular weight excluding hydrogens is 240 g/mol. The second-order valence-corrected chi connectivity index (χ2v) is 5.33. The van der Waals surface area contributed by atoms with Crippen molar-refractivity contribution in [3.05, 3.63) is 24.2 Å². The molecule has 5 nitrogen and oxygen atoms in total. The molecule has 0 spiro atoms. The first-order chi connectivity index (χ1) is 9.40. The summed E-state index contributed by atoms with van der Waals surface area (Å²) in [5.41, 5.74) is 0.993. The predicted molar refractivity (Wildman–Crippen MR) is 71.0 cm³/mol. The molecule has 0 bridgehead atoms. The third-order valence-corrected chi connectivity index (χ3v) is 3.80. The van der Waals surface area contributed by atoms with Crippen LogP contribution >= 0.6 is 0 Å². The van der Waals surface area contributed by atoms with E-state index in [1.807, 2.05) is 12.3 Å². The molecule has 1 saturated heterocycles. The van der Waals surface area contributed by atoms with Crippen molar-refractivity contribution in [2.24, 2.45) is 0 Å². The molecule has 98 valence electrons. The maximum atomic E-state index is 5.31. The van der Waals surface area contributed by atoms with Crippen LogP contribution in [0.4, 0.5) is 5.82 Å². The van der Waals surface area contributed by atoms with Gasteiger partial charge >= 0.3 is 0 Å². The lowest BCUT2D eigenvalue weighted by Gasteiger charge is -2.16. The van der Waals surface area contributed by atoms with Crippen molar-refractivity contribution in [3.63, 3.8) is 0 Å². The van der Waals surface area contributed by atoms with E-state index >= 15 is 0 Å². The maximum Gasteiger partial charge on any atom is 0.230 e. The average molecular weight is 256 g/mol. The Hall–Kier alpha value is -1.91. The Morgan fingerprint density at radius 1 is 1.21 bits per heavy atom. The molecule has 2 aliphatic rings. The largest absolute Gasteiger partial charge is 0.357 e. The lowest BCUT2D eigenvalue weighted by Crippen LogP contribution is -2.18. The Labute approximate surface area is 111 Å². The summed E-state index contributed by atoms with van der Waals surface area (Å²) in [6, 6.07) is 4.01. The Kier molecular flexibility index (Phi) is 2.50. The minimum Gasteiger partial charge on any atom is -0.357 e. The van der Waals surface area contributed by atoms with Crippen LogP contribution in [0.2, 0.25) is 0 Å². The SMILES string of the molecule is c1cc(-c2noc(C3CC3)n2)cc(N2CCCC2)n1. The van der Waals surface area contributed by atoms with E-state index in [1.165, 1.54) is 25.7 Å². The van der Waals surface area contributed by atoms with Gasteiger partial charge in [0.15, 0.2) is 0 Å². The molecular formula is C14H16N4O. The van der Waals surface area contributed by atoms with E-state index in [0.717, 1.165) is 30.4 Å². The van der Waals surface area contributed by atoms with E-state index in [-0.39, 0.29) is 0 Å². The summed E-state index contributed by atoms with van der Waals surface area (Å²) in [5.74, 6) is 2.99. The van der Waals surface area contributed by atoms with Crippen LogP contribution in [0.3, 0.4) is 0 Å². The Morgan fingerprint density at radius 3 is 2.84 bits per heavy atom. The van der Waals surface area contributed by atoms with Crippen molar-refractivity contribution in [2.45, 2.75) is 31.6 Å². The number of hydrogen-bond donors (Lipinski definition) is 0. The van der Waals surface area contributed by atoms with Crippen LogP contribution in [-0.2, 0) is 0 Å². The van der Waals surface area contributed by atoms with Crippen molar-refractivity contribution < 1.29 is 4.52 Å². The van der Waals surface area contributed by atoms with Crippen LogP contribution in [0.5, 0.6) is 0 Å². The van der Waals surface area contributed by atoms with Crippen molar-refractivity contribution in [2.75, 3.05) is 18.0 Å². The fourth-order valence-corrected chi connectivity index (χ4v) is 2.53. The number of rotatable bonds is 3. The van der Waals surface area contributed by atoms with Crippen LogP contribution in [0.15, 0.2) is 22.9 Å². The second kappa shape index (κ2) is 4.33. The molecule has 0 aromatic carbocycles. The Bertz CT molecular complexity index is 585. The van der Waals surface area contributed by atoms with Crippen LogP contribution in [-0.4, -0.2) is 28.2 Å². The van der Waals surface area contributed by atoms with Gasteiger partial charge in [-0.1, -0.05) is 5.16 Å². The van der Waals surface area contributed by atoms with Gasteiger partial charge in [-0.2, -0.15) is 4.98 Å². The van der Waals surface area contributed by atoms with Crippen LogP contribution in [0, 0.1) is 0 Å². The fraction of sp³-hybridized carbons (Fsp3) is 0.500. The van der Waals surface area contributed by atoms with E-state index < -0.39 is 0 Å². The second-order valence-electron chi connectivity index (χ2n) is 5.33. The first-order valence-electron chi connectivity index (χ1n) is 6.95. The highest BCUT2D eigenvalue weighted by Crippen LogP contribution is 2.39. The van der Waals surface area contributed by atoms with Crippen molar-refractivity contribution in [1.82, 2.24) is 15.1 Å². The highest BCUT2D eigenvalue weighted by molar-refractivity contribution is 5.59. The summed E-state index contributed by atoms with van der Waals surface area (Å²) in [7, 11) is 0. The van der Waals surface area contributed by atoms with Gasteiger partial charge in [0.05, 0.1) is 0 Å². The Morgan fingerprint density at radius 2 is 2.05 bits per heavy atom. The monoisotopic (exact) mass is 256 g/mol. The zero-order valence-corrected chi connectivity index (χ0v) is 10.7. The summed E-state index contributed by atoms with van der Waals surface area (Å²) in [6.07, 6.45) is 6.68. The summed E-state index contributed by atoms with van der Waals surface area (Å²) in [4.78, 5) is 11.2. The normalized spacial score (nSPS) is 19.1. The van der Waals surface area contributed by atoms with Crippen LogP contribution in [0.1, 0.15) is 37.5 Å². The van der Waals surface area contributed by atoms with Gasteiger partial charge in [0.1, 0.15) is 5.82 Å². The predicted octanol–water partition coefficient (Wildman–Crippen LogP) is 2.61. The number of aromatic nitrogens is 3. The molecule has 3 heterocycles. The summed E-state index contributed by atoms with van der Waals surface area (Å²) in [5, 5.41) is 4.08. The molecule has 19 heavy (non-hydrogen) atoms. The topological polar surface area (TPSA) is 55.1 Å². The fourth-order valence-electron chi connectivity index (χ4n) is 2.53. The van der Waals surface area contributed by atoms with Crippen molar-refractivity contribution in [3.8, 4) is 11.4 Å². The molecule has 2 aromatic heterocycles. The van der Waals surface area contributed by atoms with E-state index in [0.29, 0.717) is 11.7 Å². The van der Waals surface area contributed by atoms with Gasteiger partial charge in [-0.05, 0) is 37.8 Å². The third kappa shape index (κ3) is 2.09. The minimum absolute atomic E-state index is 0.501. The van der Waals surface area contributed by atoms with E-state index in [1.54, 1.807) is 0 Å². The minimum atomic E-state index is 0.501. The number of pyridine rings is 1. The smallest absolute Gasteiger partial charge is 0.230 e. The molecule has 1 aliphatic carbocycles. The molecule has 0 atom stereocenters. The molecule has 1 saturated carbocycles. The number of nitrogens with zero attached hydrogens (tertiary/aromatic N) is 4. The summed E-state index contributed by atoms with van der Waals surface area (Å²) < 4.78 is 5.31. The van der Waals surface area contributed by atoms with Gasteiger partial charge in [0, 0.05) is 30.8 Å².